The molecule has 2 aromatic carbocycles. The summed E-state index contributed by atoms with van der Waals surface area (Å²) in [6.45, 7) is 2.82. The van der Waals surface area contributed by atoms with Crippen molar-refractivity contribution in [2.75, 3.05) is 5.75 Å². The number of nitrogens with zero attached hydrogens (tertiary/aromatic N) is 2. The normalized spacial score (nSPS) is 16.4. The summed E-state index contributed by atoms with van der Waals surface area (Å²) in [4.78, 5) is 19.6. The van der Waals surface area contributed by atoms with Gasteiger partial charge in [0.15, 0.2) is 5.16 Å². The molecule has 2 aliphatic carbocycles. The first-order valence-corrected chi connectivity index (χ1v) is 13.6. The van der Waals surface area contributed by atoms with Crippen LogP contribution < -0.4 is 5.56 Å². The van der Waals surface area contributed by atoms with Gasteiger partial charge >= 0.3 is 0 Å². The molecule has 1 aromatic heterocycles. The number of unbranched alkanes of at least 4 members (excludes halogenated alkanes) is 2. The van der Waals surface area contributed by atoms with Gasteiger partial charge in [0.25, 0.3) is 5.56 Å². The Morgan fingerprint density at radius 3 is 2.52 bits per heavy atom. The molecule has 3 nitrogen and oxygen atoms in total. The quantitative estimate of drug-likeness (QED) is 0.217. The molecule has 0 bridgehead atoms. The van der Waals surface area contributed by atoms with E-state index >= 15 is 0 Å². The molecule has 1 fully saturated rings. The second kappa shape index (κ2) is 9.89. The number of aromatic nitrogens is 2. The summed E-state index contributed by atoms with van der Waals surface area (Å²) in [6, 6.07) is 19.0. The van der Waals surface area contributed by atoms with Crippen molar-refractivity contribution in [2.24, 2.45) is 0 Å². The van der Waals surface area contributed by atoms with Crippen LogP contribution in [-0.4, -0.2) is 15.3 Å². The topological polar surface area (TPSA) is 34.9 Å². The molecular formula is C29H34N2OS. The Hall–Kier alpha value is -2.33. The third-order valence-electron chi connectivity index (χ3n) is 7.44. The molecular weight excluding hydrogens is 424 g/mol. The molecule has 0 N–H and O–H groups in total. The van der Waals surface area contributed by atoms with E-state index in [0.29, 0.717) is 6.54 Å². The zero-order valence-electron chi connectivity index (χ0n) is 19.7. The van der Waals surface area contributed by atoms with Crippen LogP contribution >= 0.6 is 11.8 Å². The number of benzene rings is 2. The fraction of sp³-hybridized carbons (Fsp3) is 0.448. The summed E-state index contributed by atoms with van der Waals surface area (Å²) in [6.07, 6.45) is 10.4. The average Bonchev–Trinajstić information content (AvgIpc) is 2.85. The summed E-state index contributed by atoms with van der Waals surface area (Å²) < 4.78 is 1.98. The third kappa shape index (κ3) is 4.42. The molecule has 4 heteroatoms. The van der Waals surface area contributed by atoms with Gasteiger partial charge in [-0.3, -0.25) is 9.36 Å². The number of hydrogen-bond acceptors (Lipinski definition) is 3. The lowest BCUT2D eigenvalue weighted by atomic mass is 9.62. The van der Waals surface area contributed by atoms with E-state index in [0.717, 1.165) is 53.4 Å². The van der Waals surface area contributed by atoms with Crippen molar-refractivity contribution in [3.63, 3.8) is 0 Å². The molecule has 1 saturated carbocycles. The van der Waals surface area contributed by atoms with Crippen molar-refractivity contribution in [3.05, 3.63) is 81.6 Å². The van der Waals surface area contributed by atoms with E-state index < -0.39 is 0 Å². The van der Waals surface area contributed by atoms with Crippen molar-refractivity contribution in [1.29, 1.82) is 0 Å². The maximum Gasteiger partial charge on any atom is 0.258 e. The van der Waals surface area contributed by atoms with Crippen LogP contribution in [-0.2, 0) is 18.4 Å². The SMILES string of the molecule is CCCCCSc1nc2c(c(=O)n1Cc1ccccc1)C1(CCCCC1)Cc1ccccc1-2. The molecule has 0 amide bonds. The number of rotatable bonds is 7. The molecule has 2 aliphatic rings. The van der Waals surface area contributed by atoms with Crippen molar-refractivity contribution >= 4 is 11.8 Å². The molecule has 5 rings (SSSR count). The molecule has 172 valence electrons. The van der Waals surface area contributed by atoms with Gasteiger partial charge in [0.05, 0.1) is 17.8 Å². The van der Waals surface area contributed by atoms with Crippen molar-refractivity contribution in [2.45, 2.75) is 81.8 Å². The Morgan fingerprint density at radius 2 is 1.73 bits per heavy atom. The highest BCUT2D eigenvalue weighted by atomic mass is 32.2. The minimum Gasteiger partial charge on any atom is -0.283 e. The third-order valence-corrected chi connectivity index (χ3v) is 8.50. The van der Waals surface area contributed by atoms with E-state index in [1.165, 1.54) is 43.2 Å². The predicted octanol–water partition coefficient (Wildman–Crippen LogP) is 7.00. The average molecular weight is 459 g/mol. The summed E-state index contributed by atoms with van der Waals surface area (Å²) >= 11 is 1.75. The number of hydrogen-bond donors (Lipinski definition) is 0. The highest BCUT2D eigenvalue weighted by molar-refractivity contribution is 7.99. The van der Waals surface area contributed by atoms with Crippen LogP contribution in [0.4, 0.5) is 0 Å². The highest BCUT2D eigenvalue weighted by Crippen LogP contribution is 2.48. The van der Waals surface area contributed by atoms with Crippen molar-refractivity contribution in [1.82, 2.24) is 9.55 Å². The Bertz CT molecular complexity index is 1160. The molecule has 33 heavy (non-hydrogen) atoms. The maximum absolute atomic E-state index is 14.3. The Morgan fingerprint density at radius 1 is 0.970 bits per heavy atom. The molecule has 0 radical (unpaired) electrons. The Labute approximate surface area is 201 Å². The summed E-state index contributed by atoms with van der Waals surface area (Å²) in [5, 5.41) is 0.876. The first-order chi connectivity index (χ1) is 16.2. The largest absolute Gasteiger partial charge is 0.283 e. The second-order valence-corrected chi connectivity index (χ2v) is 10.8. The standard InChI is InChI=1S/C29H34N2OS/c1-2-3-12-19-33-28-30-26-24-16-9-8-15-23(24)20-29(17-10-5-11-18-29)25(26)27(32)31(28)21-22-13-6-4-7-14-22/h4,6-9,13-16H,2-3,5,10-12,17-21H2,1H3. The lowest BCUT2D eigenvalue weighted by molar-refractivity contribution is 0.282. The molecule has 0 atom stereocenters. The minimum absolute atomic E-state index is 0.0597. The monoisotopic (exact) mass is 458 g/mol. The summed E-state index contributed by atoms with van der Waals surface area (Å²) in [5.41, 5.74) is 5.78. The maximum atomic E-state index is 14.3. The van der Waals surface area contributed by atoms with Crippen LogP contribution in [0.15, 0.2) is 64.5 Å². The van der Waals surface area contributed by atoms with Crippen LogP contribution in [0.25, 0.3) is 11.3 Å². The molecule has 1 spiro atoms. The van der Waals surface area contributed by atoms with Crippen LogP contribution in [0, 0.1) is 0 Å². The van der Waals surface area contributed by atoms with Crippen LogP contribution in [0.3, 0.4) is 0 Å². The van der Waals surface area contributed by atoms with E-state index in [-0.39, 0.29) is 11.0 Å². The van der Waals surface area contributed by atoms with Gasteiger partial charge in [-0.15, -0.1) is 0 Å². The predicted molar refractivity (Wildman–Crippen MR) is 138 cm³/mol. The van der Waals surface area contributed by atoms with Crippen LogP contribution in [0.5, 0.6) is 0 Å². The van der Waals surface area contributed by atoms with Crippen molar-refractivity contribution < 1.29 is 0 Å². The molecule has 0 saturated heterocycles. The van der Waals surface area contributed by atoms with Crippen molar-refractivity contribution in [3.8, 4) is 11.3 Å². The zero-order valence-corrected chi connectivity index (χ0v) is 20.5. The number of thioether (sulfide) groups is 1. The first kappa shape index (κ1) is 22.5. The highest BCUT2D eigenvalue weighted by Gasteiger charge is 2.43. The van der Waals surface area contributed by atoms with Crippen LogP contribution in [0.2, 0.25) is 0 Å². The van der Waals surface area contributed by atoms with E-state index in [1.807, 2.05) is 10.6 Å². The summed E-state index contributed by atoms with van der Waals surface area (Å²) in [7, 11) is 0. The van der Waals surface area contributed by atoms with E-state index in [2.05, 4.69) is 55.5 Å². The minimum atomic E-state index is -0.0597. The van der Waals surface area contributed by atoms with Crippen LogP contribution in [0.1, 0.15) is 75.0 Å². The molecule has 1 heterocycles. The van der Waals surface area contributed by atoms with Gasteiger partial charge in [0.2, 0.25) is 0 Å². The fourth-order valence-electron chi connectivity index (χ4n) is 5.75. The summed E-state index contributed by atoms with van der Waals surface area (Å²) in [5.74, 6) is 1.00. The molecule has 0 aliphatic heterocycles. The second-order valence-electron chi connectivity index (χ2n) is 9.73. The molecule has 3 aromatic rings. The number of fused-ring (bicyclic) bond motifs is 4. The van der Waals surface area contributed by atoms with Gasteiger partial charge in [-0.1, -0.05) is 105 Å². The lowest BCUT2D eigenvalue weighted by Crippen LogP contribution is -2.43. The fourth-order valence-corrected chi connectivity index (χ4v) is 6.74. The molecule has 0 unspecified atom stereocenters. The Balaban J connectivity index is 1.67. The van der Waals surface area contributed by atoms with Gasteiger partial charge in [-0.05, 0) is 36.8 Å². The Kier molecular flexibility index (Phi) is 6.73. The van der Waals surface area contributed by atoms with Gasteiger partial charge in [0, 0.05) is 16.7 Å². The van der Waals surface area contributed by atoms with Gasteiger partial charge < -0.3 is 0 Å². The van der Waals surface area contributed by atoms with Gasteiger partial charge in [-0.25, -0.2) is 4.98 Å². The van der Waals surface area contributed by atoms with Gasteiger partial charge in [-0.2, -0.15) is 0 Å². The van der Waals surface area contributed by atoms with E-state index in [4.69, 9.17) is 4.98 Å². The first-order valence-electron chi connectivity index (χ1n) is 12.6. The van der Waals surface area contributed by atoms with Gasteiger partial charge in [0.1, 0.15) is 0 Å². The zero-order chi connectivity index (χ0) is 22.7. The smallest absolute Gasteiger partial charge is 0.258 e. The van der Waals surface area contributed by atoms with E-state index in [1.54, 1.807) is 11.8 Å². The lowest BCUT2D eigenvalue weighted by Gasteiger charge is -2.42. The van der Waals surface area contributed by atoms with E-state index in [9.17, 15) is 4.79 Å².